The Morgan fingerprint density at radius 3 is 2.66 bits per heavy atom. The number of nitrogens with zero attached hydrogens (tertiary/aromatic N) is 3. The molecule has 10 heteroatoms. The molecule has 2 heterocycles. The lowest BCUT2D eigenvalue weighted by molar-refractivity contribution is -0.131. The molecule has 3 rings (SSSR count). The molecule has 0 radical (unpaired) electrons. The monoisotopic (exact) mass is 440 g/mol. The van der Waals surface area contributed by atoms with E-state index in [-0.39, 0.29) is 23.6 Å². The lowest BCUT2D eigenvalue weighted by atomic mass is 9.93. The van der Waals surface area contributed by atoms with Gasteiger partial charge in [-0.15, -0.1) is 0 Å². The summed E-state index contributed by atoms with van der Waals surface area (Å²) in [4.78, 5) is 13.5. The number of rotatable bonds is 7. The lowest BCUT2D eigenvalue weighted by Gasteiger charge is -2.38. The number of ether oxygens (including phenoxy) is 1. The zero-order chi connectivity index (χ0) is 21.0. The number of hydrogen-bond acceptors (Lipinski definition) is 5. The largest absolute Gasteiger partial charge is 0.493 e. The Hall–Kier alpha value is -2.10. The third-order valence-electron chi connectivity index (χ3n) is 5.01. The SMILES string of the molecule is CCS(=O)(=O)N[C@H]1CCN(C(C)=O)C[C@H]1COc1ccc(-n2cc(Cl)cn2)cc1. The van der Waals surface area contributed by atoms with Crippen molar-refractivity contribution in [3.05, 3.63) is 41.7 Å². The average Bonchev–Trinajstić information content (AvgIpc) is 3.13. The van der Waals surface area contributed by atoms with Gasteiger partial charge in [0.25, 0.3) is 0 Å². The summed E-state index contributed by atoms with van der Waals surface area (Å²) in [6.07, 6.45) is 3.83. The van der Waals surface area contributed by atoms with Gasteiger partial charge in [-0.1, -0.05) is 11.6 Å². The molecule has 0 bridgehead atoms. The molecule has 2 aromatic rings. The van der Waals surface area contributed by atoms with E-state index >= 15 is 0 Å². The highest BCUT2D eigenvalue weighted by atomic mass is 35.5. The fourth-order valence-electron chi connectivity index (χ4n) is 3.30. The Morgan fingerprint density at radius 1 is 1.34 bits per heavy atom. The number of carbonyl (C=O) groups is 1. The topological polar surface area (TPSA) is 93.5 Å². The zero-order valence-electron chi connectivity index (χ0n) is 16.4. The molecule has 2 atom stereocenters. The van der Waals surface area contributed by atoms with Gasteiger partial charge in [0.1, 0.15) is 5.75 Å². The minimum atomic E-state index is -3.34. The van der Waals surface area contributed by atoms with E-state index in [1.54, 1.807) is 28.9 Å². The molecule has 1 N–H and O–H groups in total. The molecular formula is C19H25ClN4O4S. The molecule has 0 spiro atoms. The van der Waals surface area contributed by atoms with Gasteiger partial charge in [-0.25, -0.2) is 17.8 Å². The first kappa shape index (κ1) is 21.6. The van der Waals surface area contributed by atoms with E-state index in [4.69, 9.17) is 16.3 Å². The van der Waals surface area contributed by atoms with Crippen LogP contribution in [-0.2, 0) is 14.8 Å². The fourth-order valence-corrected chi connectivity index (χ4v) is 4.37. The molecule has 1 aliphatic heterocycles. The summed E-state index contributed by atoms with van der Waals surface area (Å²) in [5.41, 5.74) is 0.846. The number of sulfonamides is 1. The van der Waals surface area contributed by atoms with E-state index in [2.05, 4.69) is 9.82 Å². The van der Waals surface area contributed by atoms with Gasteiger partial charge in [-0.2, -0.15) is 5.10 Å². The van der Waals surface area contributed by atoms with Gasteiger partial charge in [0, 0.05) is 38.2 Å². The fraction of sp³-hybridized carbons (Fsp3) is 0.474. The van der Waals surface area contributed by atoms with Crippen LogP contribution in [0.3, 0.4) is 0 Å². The van der Waals surface area contributed by atoms with Crippen molar-refractivity contribution in [2.45, 2.75) is 26.3 Å². The van der Waals surface area contributed by atoms with Crippen LogP contribution in [0.1, 0.15) is 20.3 Å². The van der Waals surface area contributed by atoms with Gasteiger partial charge < -0.3 is 9.64 Å². The Morgan fingerprint density at radius 2 is 2.07 bits per heavy atom. The summed E-state index contributed by atoms with van der Waals surface area (Å²) in [6.45, 7) is 4.41. The highest BCUT2D eigenvalue weighted by Gasteiger charge is 2.33. The van der Waals surface area contributed by atoms with E-state index in [1.807, 2.05) is 24.3 Å². The van der Waals surface area contributed by atoms with Gasteiger partial charge in [0.15, 0.2) is 0 Å². The molecule has 158 valence electrons. The Bertz CT molecular complexity index is 945. The van der Waals surface area contributed by atoms with E-state index in [1.165, 1.54) is 6.92 Å². The van der Waals surface area contributed by atoms with Crippen LogP contribution in [0.4, 0.5) is 0 Å². The van der Waals surface area contributed by atoms with Gasteiger partial charge in [0.05, 0.1) is 29.3 Å². The summed E-state index contributed by atoms with van der Waals surface area (Å²) in [7, 11) is -3.34. The molecule has 1 amide bonds. The summed E-state index contributed by atoms with van der Waals surface area (Å²) >= 11 is 5.90. The van der Waals surface area contributed by atoms with Crippen LogP contribution in [0.5, 0.6) is 5.75 Å². The van der Waals surface area contributed by atoms with Gasteiger partial charge in [-0.3, -0.25) is 4.79 Å². The van der Waals surface area contributed by atoms with Crippen molar-refractivity contribution >= 4 is 27.5 Å². The highest BCUT2D eigenvalue weighted by Crippen LogP contribution is 2.22. The second kappa shape index (κ2) is 9.15. The number of nitrogens with one attached hydrogen (secondary N) is 1. The molecule has 0 unspecified atom stereocenters. The number of carbonyl (C=O) groups excluding carboxylic acids is 1. The lowest BCUT2D eigenvalue weighted by Crippen LogP contribution is -2.53. The molecule has 1 saturated heterocycles. The normalized spacial score (nSPS) is 19.9. The van der Waals surface area contributed by atoms with Crippen molar-refractivity contribution in [2.75, 3.05) is 25.4 Å². The van der Waals surface area contributed by atoms with E-state index in [9.17, 15) is 13.2 Å². The molecule has 8 nitrogen and oxygen atoms in total. The summed E-state index contributed by atoms with van der Waals surface area (Å²) < 4.78 is 34.4. The maximum atomic E-state index is 12.0. The summed E-state index contributed by atoms with van der Waals surface area (Å²) in [5.74, 6) is 0.517. The first-order valence-corrected chi connectivity index (χ1v) is 11.5. The first-order valence-electron chi connectivity index (χ1n) is 9.46. The molecule has 0 aliphatic carbocycles. The summed E-state index contributed by atoms with van der Waals surface area (Å²) in [5, 5.41) is 4.71. The molecular weight excluding hydrogens is 416 g/mol. The van der Waals surface area contributed by atoms with Crippen LogP contribution in [0.25, 0.3) is 5.69 Å². The second-order valence-corrected chi connectivity index (χ2v) is 9.53. The molecule has 29 heavy (non-hydrogen) atoms. The van der Waals surface area contributed by atoms with Crippen molar-refractivity contribution in [2.24, 2.45) is 5.92 Å². The predicted molar refractivity (Wildman–Crippen MR) is 111 cm³/mol. The van der Waals surface area contributed by atoms with Crippen LogP contribution in [0.15, 0.2) is 36.7 Å². The van der Waals surface area contributed by atoms with E-state index in [0.29, 0.717) is 36.9 Å². The number of likely N-dealkylation sites (tertiary alicyclic amines) is 1. The average molecular weight is 441 g/mol. The van der Waals surface area contributed by atoms with Crippen molar-refractivity contribution < 1.29 is 17.9 Å². The van der Waals surface area contributed by atoms with E-state index in [0.717, 1.165) is 5.69 Å². The van der Waals surface area contributed by atoms with Crippen LogP contribution in [-0.4, -0.2) is 60.5 Å². The zero-order valence-corrected chi connectivity index (χ0v) is 18.0. The minimum Gasteiger partial charge on any atom is -0.493 e. The molecule has 1 aliphatic rings. The Labute approximate surface area is 175 Å². The van der Waals surface area contributed by atoms with Gasteiger partial charge in [0.2, 0.25) is 15.9 Å². The summed E-state index contributed by atoms with van der Waals surface area (Å²) in [6, 6.07) is 7.10. The van der Waals surface area contributed by atoms with Crippen LogP contribution in [0.2, 0.25) is 5.02 Å². The van der Waals surface area contributed by atoms with Crippen LogP contribution >= 0.6 is 11.6 Å². The third-order valence-corrected chi connectivity index (χ3v) is 6.62. The number of halogens is 1. The van der Waals surface area contributed by atoms with Crippen molar-refractivity contribution in [3.8, 4) is 11.4 Å². The number of aromatic nitrogens is 2. The maximum absolute atomic E-state index is 12.0. The first-order chi connectivity index (χ1) is 13.8. The number of piperidine rings is 1. The quantitative estimate of drug-likeness (QED) is 0.711. The van der Waals surface area contributed by atoms with Crippen molar-refractivity contribution in [1.29, 1.82) is 0 Å². The highest BCUT2D eigenvalue weighted by molar-refractivity contribution is 7.89. The van der Waals surface area contributed by atoms with Gasteiger partial charge >= 0.3 is 0 Å². The molecule has 0 saturated carbocycles. The van der Waals surface area contributed by atoms with Crippen LogP contribution < -0.4 is 9.46 Å². The number of hydrogen-bond donors (Lipinski definition) is 1. The maximum Gasteiger partial charge on any atom is 0.219 e. The molecule has 1 aromatic carbocycles. The molecule has 1 aromatic heterocycles. The van der Waals surface area contributed by atoms with E-state index < -0.39 is 10.0 Å². The number of benzene rings is 1. The van der Waals surface area contributed by atoms with Crippen molar-refractivity contribution in [1.82, 2.24) is 19.4 Å². The smallest absolute Gasteiger partial charge is 0.219 e. The third kappa shape index (κ3) is 5.71. The van der Waals surface area contributed by atoms with Gasteiger partial charge in [-0.05, 0) is 37.6 Å². The number of amides is 1. The van der Waals surface area contributed by atoms with Crippen molar-refractivity contribution in [3.63, 3.8) is 0 Å². The Kier molecular flexibility index (Phi) is 6.81. The standard InChI is InChI=1S/C19H25ClN4O4S/c1-3-29(26,27)22-19-8-9-23(14(2)25)11-15(19)13-28-18-6-4-17(5-7-18)24-12-16(20)10-21-24/h4-7,10,12,15,19,22H,3,8-9,11,13H2,1-2H3/t15-,19-/m0/s1. The predicted octanol–water partition coefficient (Wildman–Crippen LogP) is 2.08. The Balaban J connectivity index is 1.66. The van der Waals surface area contributed by atoms with Crippen LogP contribution in [0, 0.1) is 5.92 Å². The second-order valence-electron chi connectivity index (χ2n) is 7.05. The molecule has 1 fully saturated rings. The minimum absolute atomic E-state index is 0.0194.